The lowest BCUT2D eigenvalue weighted by molar-refractivity contribution is -0.131. The van der Waals surface area contributed by atoms with Crippen molar-refractivity contribution >= 4 is 17.7 Å². The first kappa shape index (κ1) is 30.5. The van der Waals surface area contributed by atoms with Gasteiger partial charge in [0.1, 0.15) is 17.7 Å². The average Bonchev–Trinajstić information content (AvgIpc) is 3.52. The van der Waals surface area contributed by atoms with Crippen molar-refractivity contribution in [3.8, 4) is 6.07 Å². The first-order chi connectivity index (χ1) is 21.5. The summed E-state index contributed by atoms with van der Waals surface area (Å²) < 4.78 is 0. The maximum Gasteiger partial charge on any atom is 0.253 e. The summed E-state index contributed by atoms with van der Waals surface area (Å²) in [7, 11) is 6.97. The van der Waals surface area contributed by atoms with Gasteiger partial charge in [0.05, 0.1) is 18.0 Å². The number of aromatic amines is 1. The molecule has 2 fully saturated rings. The van der Waals surface area contributed by atoms with E-state index in [4.69, 9.17) is 0 Å². The summed E-state index contributed by atoms with van der Waals surface area (Å²) in [4.78, 5) is 47.6. The third-order valence-corrected chi connectivity index (χ3v) is 9.60. The fourth-order valence-corrected chi connectivity index (χ4v) is 7.31. The number of fused-ring (bicyclic) bond motifs is 3. The van der Waals surface area contributed by atoms with Crippen molar-refractivity contribution in [2.45, 2.75) is 56.5 Å². The van der Waals surface area contributed by atoms with Crippen molar-refractivity contribution in [3.63, 3.8) is 0 Å². The van der Waals surface area contributed by atoms with E-state index in [1.54, 1.807) is 42.9 Å². The van der Waals surface area contributed by atoms with Crippen LogP contribution in [0.2, 0.25) is 0 Å². The van der Waals surface area contributed by atoms with Crippen LogP contribution >= 0.6 is 0 Å². The minimum atomic E-state index is -0.803. The summed E-state index contributed by atoms with van der Waals surface area (Å²) >= 11 is 0. The van der Waals surface area contributed by atoms with Gasteiger partial charge in [-0.2, -0.15) is 5.26 Å². The molecule has 1 aromatic heterocycles. The predicted octanol–water partition coefficient (Wildman–Crippen LogP) is 2.44. The molecule has 1 aliphatic heterocycles. The Kier molecular flexibility index (Phi) is 7.95. The molecule has 3 amide bonds. The molecule has 6 rings (SSSR count). The van der Waals surface area contributed by atoms with Gasteiger partial charge >= 0.3 is 0 Å². The Balaban J connectivity index is 1.41. The molecule has 45 heavy (non-hydrogen) atoms. The van der Waals surface area contributed by atoms with Crippen LogP contribution in [0.3, 0.4) is 0 Å². The summed E-state index contributed by atoms with van der Waals surface area (Å²) in [5, 5.41) is 22.0. The number of carbonyl (C=O) groups is 3. The van der Waals surface area contributed by atoms with Gasteiger partial charge < -0.3 is 25.0 Å². The van der Waals surface area contributed by atoms with Crippen LogP contribution in [0.25, 0.3) is 0 Å². The van der Waals surface area contributed by atoms with E-state index in [0.29, 0.717) is 54.5 Å². The maximum atomic E-state index is 13.2. The molecular weight excluding hydrogens is 568 g/mol. The highest BCUT2D eigenvalue weighted by molar-refractivity contribution is 5.95. The Morgan fingerprint density at radius 3 is 2.09 bits per heavy atom. The zero-order chi connectivity index (χ0) is 32.0. The number of aromatic nitrogens is 3. The highest BCUT2D eigenvalue weighted by Gasteiger charge is 2.54. The van der Waals surface area contributed by atoms with E-state index >= 15 is 0 Å². The molecule has 0 bridgehead atoms. The summed E-state index contributed by atoms with van der Waals surface area (Å²) in [5.41, 5.74) is 4.49. The van der Waals surface area contributed by atoms with E-state index in [0.717, 1.165) is 35.1 Å². The second kappa shape index (κ2) is 11.7. The van der Waals surface area contributed by atoms with Crippen molar-refractivity contribution in [2.24, 2.45) is 5.92 Å². The fraction of sp³-hybridized carbons (Fsp3) is 0.471. The van der Waals surface area contributed by atoms with Gasteiger partial charge in [0.2, 0.25) is 5.91 Å². The summed E-state index contributed by atoms with van der Waals surface area (Å²) in [6, 6.07) is 13.9. The summed E-state index contributed by atoms with van der Waals surface area (Å²) in [6.07, 6.45) is 3.63. The number of nitrogens with zero attached hydrogens (tertiary/aromatic N) is 6. The quantitative estimate of drug-likeness (QED) is 0.375. The molecule has 3 aromatic rings. The summed E-state index contributed by atoms with van der Waals surface area (Å²) in [6.45, 7) is 2.48. The van der Waals surface area contributed by atoms with Crippen LogP contribution in [0.1, 0.15) is 73.9 Å². The van der Waals surface area contributed by atoms with Gasteiger partial charge in [-0.1, -0.05) is 12.1 Å². The third-order valence-electron chi connectivity index (χ3n) is 9.60. The van der Waals surface area contributed by atoms with Crippen molar-refractivity contribution < 1.29 is 14.4 Å². The lowest BCUT2D eigenvalue weighted by Gasteiger charge is -2.35. The molecule has 3 aliphatic rings. The molecule has 0 spiro atoms. The number of hydrogen-bond acceptors (Lipinski definition) is 7. The third kappa shape index (κ3) is 5.37. The Morgan fingerprint density at radius 1 is 0.978 bits per heavy atom. The van der Waals surface area contributed by atoms with E-state index < -0.39 is 5.41 Å². The Hall–Kier alpha value is -4.56. The second-order valence-electron chi connectivity index (χ2n) is 13.0. The normalized spacial score (nSPS) is 20.7. The average molecular weight is 609 g/mol. The van der Waals surface area contributed by atoms with Crippen molar-refractivity contribution in [1.82, 2.24) is 35.2 Å². The van der Waals surface area contributed by atoms with Gasteiger partial charge in [0, 0.05) is 45.4 Å². The number of aryl methyl sites for hydroxylation is 3. The number of rotatable bonds is 8. The maximum absolute atomic E-state index is 13.2. The lowest BCUT2D eigenvalue weighted by Crippen LogP contribution is -2.44. The van der Waals surface area contributed by atoms with Crippen molar-refractivity contribution in [1.29, 1.82) is 5.26 Å². The van der Waals surface area contributed by atoms with Crippen LogP contribution in [0.4, 0.5) is 0 Å². The van der Waals surface area contributed by atoms with E-state index in [9.17, 15) is 19.6 Å². The van der Waals surface area contributed by atoms with Gasteiger partial charge in [-0.25, -0.2) is 0 Å². The highest BCUT2D eigenvalue weighted by atomic mass is 16.2. The predicted molar refractivity (Wildman–Crippen MR) is 168 cm³/mol. The number of likely N-dealkylation sites (tertiary alicyclic amines) is 1. The molecule has 2 heterocycles. The lowest BCUT2D eigenvalue weighted by atomic mass is 9.69. The number of nitriles is 1. The first-order valence-corrected chi connectivity index (χ1v) is 15.6. The topological polar surface area (TPSA) is 138 Å². The van der Waals surface area contributed by atoms with Crippen LogP contribution in [-0.2, 0) is 23.1 Å². The Bertz CT molecular complexity index is 1630. The highest BCUT2D eigenvalue weighted by Crippen LogP contribution is 2.48. The van der Waals surface area contributed by atoms with Gasteiger partial charge in [0.15, 0.2) is 0 Å². The van der Waals surface area contributed by atoms with Crippen LogP contribution in [-0.4, -0.2) is 101 Å². The minimum absolute atomic E-state index is 0.0449. The van der Waals surface area contributed by atoms with E-state index in [2.05, 4.69) is 26.6 Å². The monoisotopic (exact) mass is 608 g/mol. The number of piperidine rings is 1. The molecule has 11 heteroatoms. The molecule has 1 saturated carbocycles. The molecule has 2 N–H and O–H groups in total. The molecule has 1 unspecified atom stereocenters. The van der Waals surface area contributed by atoms with E-state index in [1.165, 1.54) is 0 Å². The Morgan fingerprint density at radius 2 is 1.58 bits per heavy atom. The number of carbonyl (C=O) groups excluding carboxylic acids is 3. The molecule has 234 valence electrons. The zero-order valence-electron chi connectivity index (χ0n) is 26.6. The second-order valence-corrected chi connectivity index (χ2v) is 13.0. The molecule has 0 radical (unpaired) electrons. The summed E-state index contributed by atoms with van der Waals surface area (Å²) in [5.74, 6) is 1.61. The van der Waals surface area contributed by atoms with Crippen LogP contribution < -0.4 is 5.32 Å². The zero-order valence-corrected chi connectivity index (χ0v) is 26.6. The van der Waals surface area contributed by atoms with Crippen LogP contribution in [0.5, 0.6) is 0 Å². The van der Waals surface area contributed by atoms with Crippen LogP contribution in [0, 0.1) is 24.2 Å². The Labute approximate surface area is 263 Å². The van der Waals surface area contributed by atoms with Crippen molar-refractivity contribution in [2.75, 3.05) is 41.3 Å². The molecule has 2 aliphatic carbocycles. The molecule has 3 atom stereocenters. The van der Waals surface area contributed by atoms with Crippen molar-refractivity contribution in [3.05, 3.63) is 81.4 Å². The van der Waals surface area contributed by atoms with E-state index in [1.807, 2.05) is 43.3 Å². The van der Waals surface area contributed by atoms with E-state index in [-0.39, 0.29) is 36.3 Å². The number of hydrogen-bond donors (Lipinski definition) is 2. The first-order valence-electron chi connectivity index (χ1n) is 15.6. The SMILES string of the molecule is Cc1nnc(C2(CCNCC(=O)N3C(C#N)C[C@@H]4C[C@@H]43)c3ccc(C(=O)N(C)C)cc3CCc3cc(C(=O)N(C)C)ccc32)[nH]1. The number of benzene rings is 2. The molecule has 11 nitrogen and oxygen atoms in total. The molecule has 2 aromatic carbocycles. The van der Waals surface area contributed by atoms with Gasteiger partial charge in [-0.15, -0.1) is 10.2 Å². The standard InChI is InChI=1S/C34H40N8O3/c1-20-37-33(39-38-20)34(12-13-36-19-30(43)42-26(18-35)16-25-17-29(25)42)27-10-8-23(31(44)40(2)3)14-21(27)6-7-22-15-24(9-11-28(22)34)32(45)41(4)5/h8-11,14-15,25-26,29,36H,6-7,12-13,16-17,19H2,1-5H3,(H,37,38,39)/t25-,26?,29+/m1/s1. The largest absolute Gasteiger partial charge is 0.345 e. The molecule has 1 saturated heterocycles. The fourth-order valence-electron chi connectivity index (χ4n) is 7.31. The minimum Gasteiger partial charge on any atom is -0.345 e. The van der Waals surface area contributed by atoms with Gasteiger partial charge in [0.25, 0.3) is 11.8 Å². The smallest absolute Gasteiger partial charge is 0.253 e. The van der Waals surface area contributed by atoms with Gasteiger partial charge in [-0.3, -0.25) is 14.4 Å². The van der Waals surface area contributed by atoms with Crippen LogP contribution in [0.15, 0.2) is 36.4 Å². The number of nitrogens with one attached hydrogen (secondary N) is 2. The van der Waals surface area contributed by atoms with Gasteiger partial charge in [-0.05, 0) is 98.0 Å². The number of amides is 3. The number of H-pyrrole nitrogens is 1. The molecular formula is C34H40N8O3.